The summed E-state index contributed by atoms with van der Waals surface area (Å²) in [6.07, 6.45) is 0. The van der Waals surface area contributed by atoms with Crippen molar-refractivity contribution < 1.29 is 4.74 Å². The minimum atomic E-state index is 0.285. The van der Waals surface area contributed by atoms with Crippen LogP contribution in [0.4, 0.5) is 0 Å². The minimum absolute atomic E-state index is 0.285. The first-order chi connectivity index (χ1) is 8.15. The Bertz CT molecular complexity index is 500. The molecule has 0 aliphatic carbocycles. The highest BCUT2D eigenvalue weighted by molar-refractivity contribution is 6.29. The van der Waals surface area contributed by atoms with Gasteiger partial charge in [0.1, 0.15) is 10.9 Å². The SMILES string of the molecule is CC(C)c1cc(Cl)nc(Oc2ccccc2)n1. The van der Waals surface area contributed by atoms with Gasteiger partial charge in [-0.1, -0.05) is 43.6 Å². The molecule has 0 radical (unpaired) electrons. The molecule has 0 amide bonds. The molecule has 0 spiro atoms. The molecule has 2 rings (SSSR count). The maximum atomic E-state index is 5.93. The predicted molar refractivity (Wildman–Crippen MR) is 67.6 cm³/mol. The van der Waals surface area contributed by atoms with Gasteiger partial charge in [-0.25, -0.2) is 0 Å². The highest BCUT2D eigenvalue weighted by Crippen LogP contribution is 2.22. The lowest BCUT2D eigenvalue weighted by molar-refractivity contribution is 0.438. The van der Waals surface area contributed by atoms with Crippen molar-refractivity contribution in [3.63, 3.8) is 0 Å². The molecule has 1 aromatic carbocycles. The largest absolute Gasteiger partial charge is 0.424 e. The Balaban J connectivity index is 2.27. The molecule has 0 saturated carbocycles. The van der Waals surface area contributed by atoms with Crippen LogP contribution in [0.5, 0.6) is 11.8 Å². The van der Waals surface area contributed by atoms with Crippen molar-refractivity contribution in [2.45, 2.75) is 19.8 Å². The van der Waals surface area contributed by atoms with Gasteiger partial charge in [0.15, 0.2) is 0 Å². The molecule has 0 bridgehead atoms. The van der Waals surface area contributed by atoms with E-state index >= 15 is 0 Å². The van der Waals surface area contributed by atoms with E-state index in [1.54, 1.807) is 6.07 Å². The second kappa shape index (κ2) is 5.15. The van der Waals surface area contributed by atoms with Gasteiger partial charge in [0.2, 0.25) is 0 Å². The van der Waals surface area contributed by atoms with Crippen molar-refractivity contribution in [2.75, 3.05) is 0 Å². The van der Waals surface area contributed by atoms with Crippen molar-refractivity contribution in [2.24, 2.45) is 0 Å². The van der Waals surface area contributed by atoms with Crippen LogP contribution in [-0.4, -0.2) is 9.97 Å². The van der Waals surface area contributed by atoms with Crippen molar-refractivity contribution in [1.82, 2.24) is 9.97 Å². The number of para-hydroxylation sites is 1. The fourth-order valence-electron chi connectivity index (χ4n) is 1.35. The van der Waals surface area contributed by atoms with Gasteiger partial charge in [-0.15, -0.1) is 0 Å². The zero-order valence-electron chi connectivity index (χ0n) is 9.72. The molecular formula is C13H13ClN2O. The summed E-state index contributed by atoms with van der Waals surface area (Å²) in [4.78, 5) is 8.35. The first kappa shape index (κ1) is 11.9. The maximum Gasteiger partial charge on any atom is 0.323 e. The zero-order chi connectivity index (χ0) is 12.3. The lowest BCUT2D eigenvalue weighted by Gasteiger charge is -2.08. The molecule has 0 aliphatic rings. The summed E-state index contributed by atoms with van der Waals surface area (Å²) in [5.41, 5.74) is 0.871. The van der Waals surface area contributed by atoms with Gasteiger partial charge in [-0.3, -0.25) is 0 Å². The fraction of sp³-hybridized carbons (Fsp3) is 0.231. The fourth-order valence-corrected chi connectivity index (χ4v) is 1.53. The standard InChI is InChI=1S/C13H13ClN2O/c1-9(2)11-8-12(14)16-13(15-11)17-10-6-4-3-5-7-10/h3-9H,1-2H3. The van der Waals surface area contributed by atoms with Gasteiger partial charge >= 0.3 is 6.01 Å². The Hall–Kier alpha value is -1.61. The summed E-state index contributed by atoms with van der Waals surface area (Å²) in [6.45, 7) is 4.09. The molecule has 0 unspecified atom stereocenters. The lowest BCUT2D eigenvalue weighted by Crippen LogP contribution is -1.98. The van der Waals surface area contributed by atoms with E-state index in [-0.39, 0.29) is 11.9 Å². The first-order valence-corrected chi connectivity index (χ1v) is 5.80. The van der Waals surface area contributed by atoms with E-state index in [4.69, 9.17) is 16.3 Å². The Kier molecular flexibility index (Phi) is 3.59. The van der Waals surface area contributed by atoms with Crippen LogP contribution in [0.25, 0.3) is 0 Å². The molecule has 2 aromatic rings. The molecule has 0 aliphatic heterocycles. The average Bonchev–Trinajstić information content (AvgIpc) is 2.29. The Morgan fingerprint density at radius 1 is 1.12 bits per heavy atom. The third-order valence-corrected chi connectivity index (χ3v) is 2.43. The number of nitrogens with zero attached hydrogens (tertiary/aromatic N) is 2. The highest BCUT2D eigenvalue weighted by atomic mass is 35.5. The van der Waals surface area contributed by atoms with Crippen LogP contribution in [0.3, 0.4) is 0 Å². The van der Waals surface area contributed by atoms with Crippen LogP contribution in [0.15, 0.2) is 36.4 Å². The second-order valence-corrected chi connectivity index (χ2v) is 4.36. The number of aromatic nitrogens is 2. The summed E-state index contributed by atoms with van der Waals surface area (Å²) in [7, 11) is 0. The van der Waals surface area contributed by atoms with E-state index in [0.717, 1.165) is 5.69 Å². The number of rotatable bonds is 3. The summed E-state index contributed by atoms with van der Waals surface area (Å²) in [5, 5.41) is 0.398. The molecule has 1 heterocycles. The van der Waals surface area contributed by atoms with E-state index in [1.807, 2.05) is 44.2 Å². The summed E-state index contributed by atoms with van der Waals surface area (Å²) >= 11 is 5.93. The molecule has 0 fully saturated rings. The highest BCUT2D eigenvalue weighted by Gasteiger charge is 2.08. The van der Waals surface area contributed by atoms with Crippen LogP contribution in [0.1, 0.15) is 25.5 Å². The third kappa shape index (κ3) is 3.17. The van der Waals surface area contributed by atoms with Crippen molar-refractivity contribution >= 4 is 11.6 Å². The maximum absolute atomic E-state index is 5.93. The summed E-state index contributed by atoms with van der Waals surface area (Å²) in [5.74, 6) is 0.984. The van der Waals surface area contributed by atoms with Gasteiger partial charge in [0.05, 0.1) is 5.69 Å². The van der Waals surface area contributed by atoms with Gasteiger partial charge in [0.25, 0.3) is 0 Å². The Morgan fingerprint density at radius 3 is 2.47 bits per heavy atom. The zero-order valence-corrected chi connectivity index (χ0v) is 10.5. The number of hydrogen-bond acceptors (Lipinski definition) is 3. The van der Waals surface area contributed by atoms with E-state index in [1.165, 1.54) is 0 Å². The molecular weight excluding hydrogens is 236 g/mol. The molecule has 0 N–H and O–H groups in total. The molecule has 0 atom stereocenters. The quantitative estimate of drug-likeness (QED) is 0.769. The summed E-state index contributed by atoms with van der Waals surface area (Å²) in [6, 6.07) is 11.4. The monoisotopic (exact) mass is 248 g/mol. The number of hydrogen-bond donors (Lipinski definition) is 0. The first-order valence-electron chi connectivity index (χ1n) is 5.42. The van der Waals surface area contributed by atoms with Gasteiger partial charge in [-0.2, -0.15) is 9.97 Å². The van der Waals surface area contributed by atoms with E-state index < -0.39 is 0 Å². The predicted octanol–water partition coefficient (Wildman–Crippen LogP) is 4.05. The average molecular weight is 249 g/mol. The number of benzene rings is 1. The van der Waals surface area contributed by atoms with Crippen molar-refractivity contribution in [1.29, 1.82) is 0 Å². The topological polar surface area (TPSA) is 35.0 Å². The van der Waals surface area contributed by atoms with Crippen LogP contribution >= 0.6 is 11.6 Å². The van der Waals surface area contributed by atoms with Crippen LogP contribution in [0, 0.1) is 0 Å². The van der Waals surface area contributed by atoms with Gasteiger partial charge in [-0.05, 0) is 24.1 Å². The summed E-state index contributed by atoms with van der Waals surface area (Å²) < 4.78 is 5.54. The van der Waals surface area contributed by atoms with Crippen molar-refractivity contribution in [3.05, 3.63) is 47.2 Å². The minimum Gasteiger partial charge on any atom is -0.424 e. The van der Waals surface area contributed by atoms with E-state index in [0.29, 0.717) is 10.9 Å². The molecule has 17 heavy (non-hydrogen) atoms. The smallest absolute Gasteiger partial charge is 0.323 e. The van der Waals surface area contributed by atoms with Crippen molar-refractivity contribution in [3.8, 4) is 11.8 Å². The van der Waals surface area contributed by atoms with E-state index in [9.17, 15) is 0 Å². The molecule has 0 saturated heterocycles. The lowest BCUT2D eigenvalue weighted by atomic mass is 10.1. The van der Waals surface area contributed by atoms with Gasteiger partial charge in [0, 0.05) is 0 Å². The normalized spacial score (nSPS) is 10.6. The number of ether oxygens (including phenoxy) is 1. The Morgan fingerprint density at radius 2 is 1.82 bits per heavy atom. The van der Waals surface area contributed by atoms with Crippen LogP contribution in [-0.2, 0) is 0 Å². The van der Waals surface area contributed by atoms with Crippen LogP contribution in [0.2, 0.25) is 5.15 Å². The molecule has 1 aromatic heterocycles. The van der Waals surface area contributed by atoms with Crippen LogP contribution < -0.4 is 4.74 Å². The van der Waals surface area contributed by atoms with E-state index in [2.05, 4.69) is 9.97 Å². The van der Waals surface area contributed by atoms with Gasteiger partial charge < -0.3 is 4.74 Å². The molecule has 88 valence electrons. The molecule has 4 heteroatoms. The molecule has 3 nitrogen and oxygen atoms in total. The number of halogens is 1. The Labute approximate surface area is 105 Å². The third-order valence-electron chi connectivity index (χ3n) is 2.24. The second-order valence-electron chi connectivity index (χ2n) is 3.97.